The van der Waals surface area contributed by atoms with Crippen molar-refractivity contribution in [3.05, 3.63) is 53.1 Å². The molecule has 11 nitrogen and oxygen atoms in total. The van der Waals surface area contributed by atoms with Crippen molar-refractivity contribution in [2.45, 2.75) is 56.2 Å². The largest absolute Gasteiger partial charge is 0.497 e. The lowest BCUT2D eigenvalue weighted by atomic mass is 9.81. The summed E-state index contributed by atoms with van der Waals surface area (Å²) in [4.78, 5) is 15.4. The summed E-state index contributed by atoms with van der Waals surface area (Å²) in [5.41, 5.74) is 5.05. The maximum Gasteiger partial charge on any atom is 0.303 e. The topological polar surface area (TPSA) is 130 Å². The number of benzene rings is 2. The van der Waals surface area contributed by atoms with E-state index in [9.17, 15) is 21.6 Å². The number of hydrogen-bond acceptors (Lipinski definition) is 8. The zero-order chi connectivity index (χ0) is 32.6. The summed E-state index contributed by atoms with van der Waals surface area (Å²) in [6.07, 6.45) is 5.86. The molecule has 46 heavy (non-hydrogen) atoms. The Bertz CT molecular complexity index is 1820. The molecule has 0 radical (unpaired) electrons. The average molecular weight is 672 g/mol. The lowest BCUT2D eigenvalue weighted by Crippen LogP contribution is -2.46. The van der Waals surface area contributed by atoms with Crippen LogP contribution in [0.15, 0.2) is 36.4 Å². The number of nitrogens with zero attached hydrogens (tertiary/aromatic N) is 3. The molecule has 13 heteroatoms. The number of methoxy groups -OCH3 is 1. The predicted molar refractivity (Wildman–Crippen MR) is 180 cm³/mol. The van der Waals surface area contributed by atoms with Gasteiger partial charge >= 0.3 is 10.2 Å². The van der Waals surface area contributed by atoms with Gasteiger partial charge in [-0.1, -0.05) is 25.3 Å². The van der Waals surface area contributed by atoms with Gasteiger partial charge in [0.15, 0.2) is 9.84 Å². The van der Waals surface area contributed by atoms with E-state index in [-0.39, 0.29) is 23.8 Å². The van der Waals surface area contributed by atoms with Gasteiger partial charge in [0.2, 0.25) is 0 Å². The third kappa shape index (κ3) is 6.57. The Labute approximate surface area is 272 Å². The lowest BCUT2D eigenvalue weighted by molar-refractivity contribution is 0.0979. The molecule has 2 aliphatic heterocycles. The Hall–Kier alpha value is -2.97. The van der Waals surface area contributed by atoms with E-state index in [1.807, 2.05) is 24.3 Å². The van der Waals surface area contributed by atoms with E-state index in [1.54, 1.807) is 19.2 Å². The number of fused-ring (bicyclic) bond motifs is 5. The minimum Gasteiger partial charge on any atom is -0.497 e. The van der Waals surface area contributed by atoms with Gasteiger partial charge in [0, 0.05) is 75.4 Å². The summed E-state index contributed by atoms with van der Waals surface area (Å²) in [5.74, 6) is 0.304. The zero-order valence-corrected chi connectivity index (χ0v) is 28.6. The fourth-order valence-electron chi connectivity index (χ4n) is 7.28. The van der Waals surface area contributed by atoms with Crippen LogP contribution in [0.3, 0.4) is 0 Å². The van der Waals surface area contributed by atoms with Crippen LogP contribution in [0.1, 0.15) is 59.5 Å². The highest BCUT2D eigenvalue weighted by molar-refractivity contribution is 7.92. The van der Waals surface area contributed by atoms with E-state index >= 15 is 0 Å². The van der Waals surface area contributed by atoms with Crippen LogP contribution in [-0.2, 0) is 33.0 Å². The fraction of sp³-hybridized carbons (Fsp3) is 0.545. The summed E-state index contributed by atoms with van der Waals surface area (Å²) < 4.78 is 64.1. The molecule has 0 bridgehead atoms. The summed E-state index contributed by atoms with van der Waals surface area (Å²) in [6.45, 7) is 4.08. The smallest absolute Gasteiger partial charge is 0.303 e. The van der Waals surface area contributed by atoms with Gasteiger partial charge in [-0.15, -0.1) is 0 Å². The van der Waals surface area contributed by atoms with Gasteiger partial charge in [-0.05, 0) is 66.6 Å². The number of piperazine rings is 1. The van der Waals surface area contributed by atoms with Crippen LogP contribution in [0.4, 0.5) is 0 Å². The number of ether oxygens (including phenoxy) is 1. The van der Waals surface area contributed by atoms with Gasteiger partial charge in [-0.25, -0.2) is 13.1 Å². The van der Waals surface area contributed by atoms with E-state index in [0.717, 1.165) is 83.9 Å². The van der Waals surface area contributed by atoms with Gasteiger partial charge in [-0.2, -0.15) is 12.7 Å². The number of amides is 1. The van der Waals surface area contributed by atoms with Crippen LogP contribution in [0.25, 0.3) is 22.2 Å². The summed E-state index contributed by atoms with van der Waals surface area (Å²) in [5, 5.41) is 3.61. The molecule has 1 atom stereocenters. The van der Waals surface area contributed by atoms with Crippen LogP contribution >= 0.6 is 0 Å². The van der Waals surface area contributed by atoms with E-state index < -0.39 is 31.2 Å². The number of nitrogens with one attached hydrogen (secondary N) is 2. The molecule has 6 rings (SSSR count). The molecule has 1 amide bonds. The highest BCUT2D eigenvalue weighted by Gasteiger charge is 2.36. The van der Waals surface area contributed by atoms with Crippen LogP contribution in [0.2, 0.25) is 0 Å². The Morgan fingerprint density at radius 3 is 2.46 bits per heavy atom. The van der Waals surface area contributed by atoms with Crippen molar-refractivity contribution < 1.29 is 26.4 Å². The SMILES string of the molecule is COc1ccc2c(c1)CC(S(=O)(=O)CCN1CCNCC1)Cn1c-2c(C2CCCCC2)c2ccc(C(=O)NS(=O)(=O)N(C)C)cc21. The molecule has 1 aromatic heterocycles. The average Bonchev–Trinajstić information content (AvgIpc) is 3.26. The first-order valence-electron chi connectivity index (χ1n) is 16.2. The van der Waals surface area contributed by atoms with E-state index in [1.165, 1.54) is 26.1 Å². The Morgan fingerprint density at radius 2 is 1.76 bits per heavy atom. The Balaban J connectivity index is 1.50. The van der Waals surface area contributed by atoms with Crippen LogP contribution in [-0.4, -0.2) is 101 Å². The first-order valence-corrected chi connectivity index (χ1v) is 19.4. The minimum absolute atomic E-state index is 0.0665. The van der Waals surface area contributed by atoms with Gasteiger partial charge in [0.25, 0.3) is 5.91 Å². The molecule has 1 saturated carbocycles. The molecule has 1 aliphatic carbocycles. The highest BCUT2D eigenvalue weighted by Crippen LogP contribution is 2.47. The first-order chi connectivity index (χ1) is 22.0. The Morgan fingerprint density at radius 1 is 1.02 bits per heavy atom. The van der Waals surface area contributed by atoms with Crippen LogP contribution in [0, 0.1) is 0 Å². The van der Waals surface area contributed by atoms with Gasteiger partial charge in [0.05, 0.1) is 23.8 Å². The van der Waals surface area contributed by atoms with Crippen molar-refractivity contribution in [2.24, 2.45) is 0 Å². The number of sulfone groups is 1. The minimum atomic E-state index is -4.00. The molecule has 250 valence electrons. The molecular weight excluding hydrogens is 627 g/mol. The summed E-state index contributed by atoms with van der Waals surface area (Å²) >= 11 is 0. The molecule has 0 spiro atoms. The number of rotatable bonds is 9. The van der Waals surface area contributed by atoms with Crippen LogP contribution < -0.4 is 14.8 Å². The van der Waals surface area contributed by atoms with Gasteiger partial charge in [0.1, 0.15) is 5.75 Å². The molecule has 2 fully saturated rings. The zero-order valence-electron chi connectivity index (χ0n) is 26.9. The predicted octanol–water partition coefficient (Wildman–Crippen LogP) is 3.15. The monoisotopic (exact) mass is 671 g/mol. The second-order valence-electron chi connectivity index (χ2n) is 13.0. The number of carbonyl (C=O) groups excluding carboxylic acids is 1. The maximum absolute atomic E-state index is 14.2. The molecule has 1 unspecified atom stereocenters. The molecule has 3 heterocycles. The summed E-state index contributed by atoms with van der Waals surface area (Å²) in [7, 11) is -3.20. The molecule has 3 aromatic rings. The fourth-order valence-corrected chi connectivity index (χ4v) is 9.47. The van der Waals surface area contributed by atoms with E-state index in [4.69, 9.17) is 4.74 Å². The number of hydrogen-bond donors (Lipinski definition) is 2. The molecule has 1 saturated heterocycles. The quantitative estimate of drug-likeness (QED) is 0.355. The van der Waals surface area contributed by atoms with Crippen LogP contribution in [0.5, 0.6) is 5.75 Å². The van der Waals surface area contributed by atoms with Crippen molar-refractivity contribution in [3.63, 3.8) is 0 Å². The van der Waals surface area contributed by atoms with Crippen molar-refractivity contribution in [1.82, 2.24) is 23.8 Å². The van der Waals surface area contributed by atoms with Gasteiger partial charge < -0.3 is 14.6 Å². The maximum atomic E-state index is 14.2. The number of carbonyl (C=O) groups is 1. The highest BCUT2D eigenvalue weighted by atomic mass is 32.2. The molecule has 2 aromatic carbocycles. The second kappa shape index (κ2) is 13.3. The van der Waals surface area contributed by atoms with Crippen molar-refractivity contribution in [3.8, 4) is 17.0 Å². The molecule has 2 N–H and O–H groups in total. The summed E-state index contributed by atoms with van der Waals surface area (Å²) in [6, 6.07) is 11.2. The van der Waals surface area contributed by atoms with E-state index in [2.05, 4.69) is 19.5 Å². The van der Waals surface area contributed by atoms with Gasteiger partial charge in [-0.3, -0.25) is 9.69 Å². The normalized spacial score (nSPS) is 19.9. The van der Waals surface area contributed by atoms with E-state index in [0.29, 0.717) is 18.7 Å². The Kier molecular flexibility index (Phi) is 9.50. The standard InChI is InChI=1S/C33H45N5O6S2/c1-36(2)46(42,43)35-33(39)24-9-11-29-30(21-24)38-22-27(45(40,41)18-17-37-15-13-34-14-16-37)20-25-19-26(44-3)10-12-28(25)32(38)31(29)23-7-5-4-6-8-23/h9-12,19,21,23,27,34H,4-8,13-18,20,22H2,1-3H3,(H,35,39). The van der Waals surface area contributed by atoms with Crippen molar-refractivity contribution in [1.29, 1.82) is 0 Å². The molecular formula is C33H45N5O6S2. The number of aromatic nitrogens is 1. The molecule has 3 aliphatic rings. The van der Waals surface area contributed by atoms with Crippen molar-refractivity contribution in [2.75, 3.05) is 59.7 Å². The third-order valence-electron chi connectivity index (χ3n) is 9.89. The van der Waals surface area contributed by atoms with Crippen molar-refractivity contribution >= 4 is 36.9 Å². The lowest BCUT2D eigenvalue weighted by Gasteiger charge is -2.27. The third-order valence-corrected chi connectivity index (χ3v) is 13.4. The first kappa shape index (κ1) is 33.0. The second-order valence-corrected chi connectivity index (χ2v) is 17.3.